The predicted molar refractivity (Wildman–Crippen MR) is 232 cm³/mol. The van der Waals surface area contributed by atoms with Gasteiger partial charge in [0.25, 0.3) is 0 Å². The van der Waals surface area contributed by atoms with E-state index in [2.05, 4.69) is 155 Å². The molecule has 0 radical (unpaired) electrons. The average Bonchev–Trinajstić information content (AvgIpc) is 3.63. The van der Waals surface area contributed by atoms with Crippen molar-refractivity contribution in [3.05, 3.63) is 194 Å². The Morgan fingerprint density at radius 2 is 0.965 bits per heavy atom. The minimum Gasteiger partial charge on any atom is -0.309 e. The molecule has 0 unspecified atom stereocenters. The van der Waals surface area contributed by atoms with Crippen molar-refractivity contribution in [3.63, 3.8) is 0 Å². The maximum absolute atomic E-state index is 5.10. The van der Waals surface area contributed by atoms with Crippen LogP contribution in [0.3, 0.4) is 0 Å². The first-order valence-electron chi connectivity index (χ1n) is 19.0. The number of pyridine rings is 2. The summed E-state index contributed by atoms with van der Waals surface area (Å²) in [5.41, 5.74) is 12.4. The van der Waals surface area contributed by atoms with E-state index in [4.69, 9.17) is 19.9 Å². The fourth-order valence-corrected chi connectivity index (χ4v) is 8.00. The van der Waals surface area contributed by atoms with Crippen LogP contribution < -0.4 is 0 Å². The zero-order chi connectivity index (χ0) is 37.7. The molecule has 11 aromatic rings. The molecule has 0 atom stereocenters. The summed E-state index contributed by atoms with van der Waals surface area (Å²) < 4.78 is 2.34. The first-order valence-corrected chi connectivity index (χ1v) is 19.0. The molecule has 0 fully saturated rings. The molecule has 7 aromatic carbocycles. The second-order valence-corrected chi connectivity index (χ2v) is 14.1. The molecule has 6 heteroatoms. The third-order valence-corrected chi connectivity index (χ3v) is 10.7. The van der Waals surface area contributed by atoms with Crippen molar-refractivity contribution in [1.29, 1.82) is 0 Å². The van der Waals surface area contributed by atoms with Gasteiger partial charge in [-0.05, 0) is 70.8 Å². The lowest BCUT2D eigenvalue weighted by atomic mass is 9.98. The van der Waals surface area contributed by atoms with Gasteiger partial charge in [0.05, 0.1) is 22.1 Å². The standard InChI is InChI=1S/C51H32N6/c1-3-11-35(12-4-1)49-54-50(56-51(55-49)39-14-9-13-38(31-39)41-28-30-53-48-43(41)26-24-34-15-10-29-52-47(34)48)36-22-20-33(21-23-36)37-25-27-46-44(32-37)42-18-7-8-19-45(42)57(46)40-16-5-2-6-17-40/h1-32H. The van der Waals surface area contributed by atoms with Crippen LogP contribution in [0.15, 0.2) is 194 Å². The van der Waals surface area contributed by atoms with Crippen LogP contribution in [0.4, 0.5) is 0 Å². The monoisotopic (exact) mass is 728 g/mol. The third kappa shape index (κ3) is 5.70. The summed E-state index contributed by atoms with van der Waals surface area (Å²) in [5, 5.41) is 4.56. The summed E-state index contributed by atoms with van der Waals surface area (Å²) in [6.07, 6.45) is 3.68. The molecular weight excluding hydrogens is 697 g/mol. The molecule has 266 valence electrons. The van der Waals surface area contributed by atoms with Crippen LogP contribution >= 0.6 is 0 Å². The first kappa shape index (κ1) is 32.6. The van der Waals surface area contributed by atoms with Gasteiger partial charge >= 0.3 is 0 Å². The highest BCUT2D eigenvalue weighted by Crippen LogP contribution is 2.37. The Hall–Kier alpha value is -7.83. The average molecular weight is 729 g/mol. The fourth-order valence-electron chi connectivity index (χ4n) is 8.00. The highest BCUT2D eigenvalue weighted by molar-refractivity contribution is 6.11. The van der Waals surface area contributed by atoms with Gasteiger partial charge in [-0.1, -0.05) is 133 Å². The lowest BCUT2D eigenvalue weighted by Gasteiger charge is -2.11. The van der Waals surface area contributed by atoms with Crippen molar-refractivity contribution >= 4 is 43.6 Å². The Morgan fingerprint density at radius 1 is 0.333 bits per heavy atom. The zero-order valence-corrected chi connectivity index (χ0v) is 30.7. The van der Waals surface area contributed by atoms with Gasteiger partial charge in [-0.2, -0.15) is 0 Å². The van der Waals surface area contributed by atoms with Crippen LogP contribution in [0.2, 0.25) is 0 Å². The number of para-hydroxylation sites is 2. The number of hydrogen-bond donors (Lipinski definition) is 0. The summed E-state index contributed by atoms with van der Waals surface area (Å²) in [4.78, 5) is 24.5. The van der Waals surface area contributed by atoms with E-state index in [-0.39, 0.29) is 0 Å². The Labute approximate surface area is 328 Å². The van der Waals surface area contributed by atoms with Gasteiger partial charge in [-0.25, -0.2) is 15.0 Å². The van der Waals surface area contributed by atoms with Gasteiger partial charge in [-0.15, -0.1) is 0 Å². The second kappa shape index (κ2) is 13.5. The number of fused-ring (bicyclic) bond motifs is 6. The van der Waals surface area contributed by atoms with E-state index < -0.39 is 0 Å². The Morgan fingerprint density at radius 3 is 1.79 bits per heavy atom. The van der Waals surface area contributed by atoms with E-state index in [0.29, 0.717) is 17.5 Å². The van der Waals surface area contributed by atoms with E-state index in [1.54, 1.807) is 0 Å². The van der Waals surface area contributed by atoms with E-state index in [1.165, 1.54) is 21.8 Å². The molecule has 0 spiro atoms. The molecule has 0 bridgehead atoms. The summed E-state index contributed by atoms with van der Waals surface area (Å²) in [5.74, 6) is 1.84. The Kier molecular flexibility index (Phi) is 7.71. The van der Waals surface area contributed by atoms with Crippen molar-refractivity contribution in [2.75, 3.05) is 0 Å². The van der Waals surface area contributed by atoms with Gasteiger partial charge in [0, 0.05) is 56.3 Å². The zero-order valence-electron chi connectivity index (χ0n) is 30.7. The van der Waals surface area contributed by atoms with Crippen LogP contribution in [-0.2, 0) is 0 Å². The summed E-state index contributed by atoms with van der Waals surface area (Å²) in [6, 6.07) is 63.3. The van der Waals surface area contributed by atoms with Gasteiger partial charge in [0.15, 0.2) is 17.5 Å². The summed E-state index contributed by atoms with van der Waals surface area (Å²) >= 11 is 0. The van der Waals surface area contributed by atoms with Gasteiger partial charge < -0.3 is 4.57 Å². The van der Waals surface area contributed by atoms with E-state index in [9.17, 15) is 0 Å². The summed E-state index contributed by atoms with van der Waals surface area (Å²) in [7, 11) is 0. The van der Waals surface area contributed by atoms with Crippen molar-refractivity contribution in [2.24, 2.45) is 0 Å². The maximum Gasteiger partial charge on any atom is 0.164 e. The molecule has 57 heavy (non-hydrogen) atoms. The predicted octanol–water partition coefficient (Wildman–Crippen LogP) is 12.4. The second-order valence-electron chi connectivity index (χ2n) is 14.1. The van der Waals surface area contributed by atoms with Crippen molar-refractivity contribution in [3.8, 4) is 62.1 Å². The highest BCUT2D eigenvalue weighted by Gasteiger charge is 2.16. The number of benzene rings is 7. The SMILES string of the molecule is c1ccc(-c2nc(-c3ccc(-c4ccc5c(c4)c4ccccc4n5-c4ccccc4)cc3)nc(-c3cccc(-c4ccnc5c4ccc4cccnc45)c3)n2)cc1. The number of rotatable bonds is 6. The third-order valence-electron chi connectivity index (χ3n) is 10.7. The molecule has 0 aliphatic heterocycles. The lowest BCUT2D eigenvalue weighted by Crippen LogP contribution is -2.00. The van der Waals surface area contributed by atoms with E-state index in [0.717, 1.165) is 66.4 Å². The topological polar surface area (TPSA) is 69.4 Å². The maximum atomic E-state index is 5.10. The number of nitrogens with zero attached hydrogens (tertiary/aromatic N) is 6. The minimum atomic E-state index is 0.607. The molecule has 6 nitrogen and oxygen atoms in total. The lowest BCUT2D eigenvalue weighted by molar-refractivity contribution is 1.07. The van der Waals surface area contributed by atoms with Crippen LogP contribution in [0, 0.1) is 0 Å². The van der Waals surface area contributed by atoms with Gasteiger partial charge in [0.1, 0.15) is 0 Å². The molecule has 0 amide bonds. The van der Waals surface area contributed by atoms with E-state index in [1.807, 2.05) is 48.8 Å². The van der Waals surface area contributed by atoms with Gasteiger partial charge in [-0.3, -0.25) is 9.97 Å². The Balaban J connectivity index is 0.990. The highest BCUT2D eigenvalue weighted by atomic mass is 15.0. The normalized spacial score (nSPS) is 11.5. The van der Waals surface area contributed by atoms with Crippen LogP contribution in [0.25, 0.3) is 106 Å². The van der Waals surface area contributed by atoms with Crippen molar-refractivity contribution in [1.82, 2.24) is 29.5 Å². The van der Waals surface area contributed by atoms with Crippen molar-refractivity contribution in [2.45, 2.75) is 0 Å². The van der Waals surface area contributed by atoms with Crippen LogP contribution in [0.1, 0.15) is 0 Å². The van der Waals surface area contributed by atoms with Gasteiger partial charge in [0.2, 0.25) is 0 Å². The minimum absolute atomic E-state index is 0.607. The number of hydrogen-bond acceptors (Lipinski definition) is 5. The van der Waals surface area contributed by atoms with Crippen molar-refractivity contribution < 1.29 is 0 Å². The van der Waals surface area contributed by atoms with Crippen LogP contribution in [0.5, 0.6) is 0 Å². The molecule has 4 heterocycles. The summed E-state index contributed by atoms with van der Waals surface area (Å²) in [6.45, 7) is 0. The molecule has 0 N–H and O–H groups in total. The molecule has 0 aliphatic carbocycles. The van der Waals surface area contributed by atoms with E-state index >= 15 is 0 Å². The largest absolute Gasteiger partial charge is 0.309 e. The molecule has 11 rings (SSSR count). The first-order chi connectivity index (χ1) is 28.2. The molecule has 4 aromatic heterocycles. The number of aromatic nitrogens is 6. The fraction of sp³-hybridized carbons (Fsp3) is 0. The quantitative estimate of drug-likeness (QED) is 0.159. The Bertz CT molecular complexity index is 3280. The molecule has 0 saturated heterocycles. The molecule has 0 aliphatic rings. The molecule has 0 saturated carbocycles. The smallest absolute Gasteiger partial charge is 0.164 e. The molecular formula is C51H32N6. The van der Waals surface area contributed by atoms with Crippen LogP contribution in [-0.4, -0.2) is 29.5 Å².